The van der Waals surface area contributed by atoms with Gasteiger partial charge in [-0.15, -0.1) is 5.10 Å². The van der Waals surface area contributed by atoms with Gasteiger partial charge in [0.15, 0.2) is 17.3 Å². The Bertz CT molecular complexity index is 1420. The number of aliphatic imine (C=N–C) groups is 1. The molecule has 2 aromatic rings. The molecule has 4 rings (SSSR count). The molecule has 0 saturated carbocycles. The van der Waals surface area contributed by atoms with E-state index in [2.05, 4.69) is 10.1 Å². The molecular formula is C25H26N4O6S2. The van der Waals surface area contributed by atoms with Crippen LogP contribution in [0.5, 0.6) is 17.2 Å². The monoisotopic (exact) mass is 542 g/mol. The fourth-order valence-electron chi connectivity index (χ4n) is 3.36. The van der Waals surface area contributed by atoms with E-state index in [0.717, 1.165) is 28.8 Å². The van der Waals surface area contributed by atoms with Crippen LogP contribution in [0.1, 0.15) is 24.5 Å². The van der Waals surface area contributed by atoms with Gasteiger partial charge in [0.25, 0.3) is 5.91 Å². The number of amides is 1. The van der Waals surface area contributed by atoms with Crippen LogP contribution in [0.15, 0.2) is 58.1 Å². The zero-order valence-corrected chi connectivity index (χ0v) is 22.2. The van der Waals surface area contributed by atoms with Crippen molar-refractivity contribution in [2.24, 2.45) is 10.1 Å². The molecule has 2 aliphatic heterocycles. The van der Waals surface area contributed by atoms with E-state index >= 15 is 0 Å². The Hall–Kier alpha value is -3.64. The van der Waals surface area contributed by atoms with Crippen molar-refractivity contribution in [3.63, 3.8) is 0 Å². The van der Waals surface area contributed by atoms with Crippen LogP contribution < -0.4 is 14.2 Å². The van der Waals surface area contributed by atoms with Gasteiger partial charge >= 0.3 is 0 Å². The van der Waals surface area contributed by atoms with Gasteiger partial charge in [0, 0.05) is 12.7 Å². The number of carbonyl (C=O) groups excluding carboxylic acids is 1. The highest BCUT2D eigenvalue weighted by molar-refractivity contribution is 8.42. The van der Waals surface area contributed by atoms with Crippen molar-refractivity contribution < 1.29 is 27.4 Å². The number of nitrogens with one attached hydrogen (secondary N) is 1. The summed E-state index contributed by atoms with van der Waals surface area (Å²) in [5.41, 5.74) is 1.74. The number of carbonyl (C=O) groups is 1. The van der Waals surface area contributed by atoms with E-state index in [4.69, 9.17) is 19.6 Å². The van der Waals surface area contributed by atoms with Crippen LogP contribution in [-0.2, 0) is 14.6 Å². The number of hydrogen-bond donors (Lipinski definition) is 1. The van der Waals surface area contributed by atoms with Gasteiger partial charge in [-0.25, -0.2) is 8.42 Å². The number of hydrogen-bond acceptors (Lipinski definition) is 9. The predicted octanol–water partition coefficient (Wildman–Crippen LogP) is 3.86. The Morgan fingerprint density at radius 3 is 2.49 bits per heavy atom. The Kier molecular flexibility index (Phi) is 7.98. The summed E-state index contributed by atoms with van der Waals surface area (Å²) in [6, 6.07) is 13.0. The van der Waals surface area contributed by atoms with E-state index in [9.17, 15) is 13.2 Å². The molecule has 0 unspecified atom stereocenters. The van der Waals surface area contributed by atoms with E-state index in [1.807, 2.05) is 38.1 Å². The van der Waals surface area contributed by atoms with E-state index in [0.29, 0.717) is 43.3 Å². The fraction of sp³-hybridized carbons (Fsp3) is 0.280. The first kappa shape index (κ1) is 26.4. The number of hydrazone groups is 1. The Labute approximate surface area is 219 Å². The number of sulfone groups is 1. The Balaban J connectivity index is 1.44. The topological polar surface area (TPSA) is 131 Å². The molecule has 0 aromatic heterocycles. The number of fused-ring (bicyclic) bond motifs is 1. The van der Waals surface area contributed by atoms with Crippen molar-refractivity contribution in [1.82, 2.24) is 5.01 Å². The molecule has 37 heavy (non-hydrogen) atoms. The second-order valence-electron chi connectivity index (χ2n) is 8.16. The van der Waals surface area contributed by atoms with Gasteiger partial charge in [-0.05, 0) is 61.5 Å². The first-order valence-corrected chi connectivity index (χ1v) is 14.2. The highest BCUT2D eigenvalue weighted by Gasteiger charge is 2.38. The van der Waals surface area contributed by atoms with Crippen molar-refractivity contribution in [1.29, 1.82) is 5.41 Å². The molecular weight excluding hydrogens is 516 g/mol. The first-order chi connectivity index (χ1) is 17.7. The van der Waals surface area contributed by atoms with Crippen LogP contribution in [0, 0.1) is 12.3 Å². The van der Waals surface area contributed by atoms with Crippen molar-refractivity contribution in [2.45, 2.75) is 20.3 Å². The van der Waals surface area contributed by atoms with Gasteiger partial charge in [0.1, 0.15) is 5.75 Å². The quantitative estimate of drug-likeness (QED) is 0.373. The molecule has 2 aromatic carbocycles. The van der Waals surface area contributed by atoms with Crippen LogP contribution in [-0.4, -0.2) is 60.8 Å². The molecule has 0 fully saturated rings. The van der Waals surface area contributed by atoms with Gasteiger partial charge in [-0.3, -0.25) is 10.2 Å². The van der Waals surface area contributed by atoms with Crippen molar-refractivity contribution in [3.8, 4) is 17.2 Å². The second-order valence-corrected chi connectivity index (χ2v) is 11.3. The fourth-order valence-corrected chi connectivity index (χ4v) is 5.04. The normalized spacial score (nSPS) is 16.4. The molecule has 2 heterocycles. The molecule has 0 spiro atoms. The maximum Gasteiger partial charge on any atom is 0.283 e. The summed E-state index contributed by atoms with van der Waals surface area (Å²) < 4.78 is 40.8. The number of nitrogens with zero attached hydrogens (tertiary/aromatic N) is 3. The smallest absolute Gasteiger partial charge is 0.283 e. The molecule has 0 saturated heterocycles. The zero-order chi connectivity index (χ0) is 26.6. The number of amidine groups is 2. The third kappa shape index (κ3) is 6.38. The molecule has 2 aliphatic rings. The average Bonchev–Trinajstić information content (AvgIpc) is 3.29. The third-order valence-electron chi connectivity index (χ3n) is 5.17. The predicted molar refractivity (Wildman–Crippen MR) is 144 cm³/mol. The standard InChI is InChI=1S/C25H26N4O6S2/c1-4-33-21-15-17(8-11-20(21)35-13-5-12-34-18-9-6-16(2)7-10-18)14-19-22(26)29-24(27-23(19)30)36-25(28-29)37(3,31)32/h6-11,14-15,26H,4-5,12-13H2,1-3H3/b19-14-,26-22?. The summed E-state index contributed by atoms with van der Waals surface area (Å²) in [5.74, 6) is 0.934. The SMILES string of the molecule is CCOc1cc(/C=C2/C(=N)N3N=C(S(C)(=O)=O)SC3=NC2=O)ccc1OCCCOc1ccc(C)cc1. The average molecular weight is 543 g/mol. The minimum Gasteiger partial charge on any atom is -0.493 e. The highest BCUT2D eigenvalue weighted by Crippen LogP contribution is 2.32. The second kappa shape index (κ2) is 11.2. The van der Waals surface area contributed by atoms with Gasteiger partial charge in [-0.1, -0.05) is 23.8 Å². The lowest BCUT2D eigenvalue weighted by Gasteiger charge is -2.20. The summed E-state index contributed by atoms with van der Waals surface area (Å²) in [6.07, 6.45) is 3.17. The van der Waals surface area contributed by atoms with Crippen LogP contribution in [0.4, 0.5) is 0 Å². The number of rotatable bonds is 9. The maximum atomic E-state index is 12.6. The van der Waals surface area contributed by atoms with E-state index in [1.165, 1.54) is 11.6 Å². The molecule has 1 N–H and O–H groups in total. The Morgan fingerprint density at radius 2 is 1.78 bits per heavy atom. The molecule has 0 aliphatic carbocycles. The van der Waals surface area contributed by atoms with Crippen molar-refractivity contribution in [2.75, 3.05) is 26.1 Å². The highest BCUT2D eigenvalue weighted by atomic mass is 32.3. The van der Waals surface area contributed by atoms with Crippen LogP contribution in [0.3, 0.4) is 0 Å². The van der Waals surface area contributed by atoms with E-state index < -0.39 is 15.7 Å². The summed E-state index contributed by atoms with van der Waals surface area (Å²) in [6.45, 7) is 5.20. The molecule has 0 radical (unpaired) electrons. The maximum absolute atomic E-state index is 12.6. The van der Waals surface area contributed by atoms with Crippen LogP contribution >= 0.6 is 11.8 Å². The lowest BCUT2D eigenvalue weighted by atomic mass is 10.1. The molecule has 0 atom stereocenters. The molecule has 194 valence electrons. The lowest BCUT2D eigenvalue weighted by Crippen LogP contribution is -2.35. The van der Waals surface area contributed by atoms with Gasteiger partial charge in [-0.2, -0.15) is 10.0 Å². The summed E-state index contributed by atoms with van der Waals surface area (Å²) >= 11 is 0.742. The van der Waals surface area contributed by atoms with E-state index in [1.54, 1.807) is 18.2 Å². The molecule has 1 amide bonds. The zero-order valence-electron chi connectivity index (χ0n) is 20.6. The number of benzene rings is 2. The summed E-state index contributed by atoms with van der Waals surface area (Å²) in [5, 5.41) is 13.4. The van der Waals surface area contributed by atoms with E-state index in [-0.39, 0.29) is 21.0 Å². The lowest BCUT2D eigenvalue weighted by molar-refractivity contribution is -0.114. The minimum atomic E-state index is -3.60. The molecule has 10 nitrogen and oxygen atoms in total. The number of ether oxygens (including phenoxy) is 3. The number of aryl methyl sites for hydroxylation is 1. The van der Waals surface area contributed by atoms with Crippen LogP contribution in [0.25, 0.3) is 6.08 Å². The van der Waals surface area contributed by atoms with Crippen molar-refractivity contribution in [3.05, 3.63) is 59.2 Å². The largest absolute Gasteiger partial charge is 0.493 e. The Morgan fingerprint density at radius 1 is 1.05 bits per heavy atom. The van der Waals surface area contributed by atoms with Crippen molar-refractivity contribution >= 4 is 49.0 Å². The molecule has 12 heteroatoms. The van der Waals surface area contributed by atoms with Gasteiger partial charge in [0.2, 0.25) is 19.4 Å². The molecule has 0 bridgehead atoms. The summed E-state index contributed by atoms with van der Waals surface area (Å²) in [7, 11) is -3.60. The van der Waals surface area contributed by atoms with Gasteiger partial charge in [0.05, 0.1) is 25.4 Å². The third-order valence-corrected chi connectivity index (χ3v) is 7.75. The first-order valence-electron chi connectivity index (χ1n) is 11.4. The number of thioether (sulfide) groups is 1. The van der Waals surface area contributed by atoms with Gasteiger partial charge < -0.3 is 14.2 Å². The summed E-state index contributed by atoms with van der Waals surface area (Å²) in [4.78, 5) is 16.5. The van der Waals surface area contributed by atoms with Crippen LogP contribution in [0.2, 0.25) is 0 Å². The minimum absolute atomic E-state index is 0.0211.